The maximum absolute atomic E-state index is 10.7. The van der Waals surface area contributed by atoms with Gasteiger partial charge in [0.15, 0.2) is 0 Å². The lowest BCUT2D eigenvalue weighted by Crippen LogP contribution is -2.09. The van der Waals surface area contributed by atoms with Crippen LogP contribution in [0.1, 0.15) is 21.5 Å². The van der Waals surface area contributed by atoms with E-state index in [9.17, 15) is 4.79 Å². The Morgan fingerprint density at radius 2 is 1.53 bits per heavy atom. The first kappa shape index (κ1) is 13.1. The van der Waals surface area contributed by atoms with Crippen molar-refractivity contribution in [2.75, 3.05) is 14.1 Å². The van der Waals surface area contributed by atoms with Gasteiger partial charge in [0.05, 0.1) is 0 Å². The smallest absolute Gasteiger partial charge is 0.150 e. The summed E-state index contributed by atoms with van der Waals surface area (Å²) in [5.41, 5.74) is 4.07. The molecule has 0 saturated carbocycles. The number of hydrogen-bond acceptors (Lipinski definition) is 2. The predicted octanol–water partition coefficient (Wildman–Crippen LogP) is 3.56. The molecule has 0 atom stereocenters. The molecule has 0 bridgehead atoms. The lowest BCUT2D eigenvalue weighted by Gasteiger charge is -2.18. The van der Waals surface area contributed by atoms with Gasteiger partial charge in [-0.1, -0.05) is 54.6 Å². The largest absolute Gasteiger partial charge is 0.377 e. The molecule has 0 aliphatic carbocycles. The van der Waals surface area contributed by atoms with Gasteiger partial charge in [-0.2, -0.15) is 0 Å². The molecule has 0 amide bonds. The summed E-state index contributed by atoms with van der Waals surface area (Å²) in [5, 5.41) is 0. The van der Waals surface area contributed by atoms with Crippen LogP contribution >= 0.6 is 0 Å². The molecule has 2 aromatic rings. The molecule has 0 aliphatic heterocycles. The topological polar surface area (TPSA) is 20.3 Å². The Balaban J connectivity index is 2.39. The van der Waals surface area contributed by atoms with E-state index in [2.05, 4.69) is 23.1 Å². The Morgan fingerprint density at radius 1 is 0.895 bits per heavy atom. The molecule has 0 unspecified atom stereocenters. The third kappa shape index (κ3) is 3.32. The maximum atomic E-state index is 10.7. The molecule has 2 nitrogen and oxygen atoms in total. The minimum atomic E-state index is 0.696. The van der Waals surface area contributed by atoms with E-state index in [1.165, 1.54) is 0 Å². The van der Waals surface area contributed by atoms with Gasteiger partial charge in [-0.15, -0.1) is 0 Å². The standard InChI is InChI=1S/C17H17NO/c1-18(2)17(12-14-6-4-3-5-7-14)16-10-8-15(13-19)9-11-16/h3-13H,1-2H3. The summed E-state index contributed by atoms with van der Waals surface area (Å²) in [6.07, 6.45) is 3.00. The summed E-state index contributed by atoms with van der Waals surface area (Å²) >= 11 is 0. The van der Waals surface area contributed by atoms with Gasteiger partial charge in [-0.05, 0) is 17.2 Å². The van der Waals surface area contributed by atoms with Crippen LogP contribution < -0.4 is 0 Å². The highest BCUT2D eigenvalue weighted by atomic mass is 16.1. The third-order valence-electron chi connectivity index (χ3n) is 2.93. The van der Waals surface area contributed by atoms with Crippen molar-refractivity contribution in [3.8, 4) is 0 Å². The summed E-state index contributed by atoms with van der Waals surface area (Å²) in [5.74, 6) is 0. The molecule has 96 valence electrons. The van der Waals surface area contributed by atoms with E-state index >= 15 is 0 Å². The van der Waals surface area contributed by atoms with Crippen molar-refractivity contribution in [2.45, 2.75) is 0 Å². The van der Waals surface area contributed by atoms with Gasteiger partial charge in [0.2, 0.25) is 0 Å². The Morgan fingerprint density at radius 3 is 2.05 bits per heavy atom. The van der Waals surface area contributed by atoms with E-state index in [0.29, 0.717) is 5.56 Å². The van der Waals surface area contributed by atoms with Crippen LogP contribution in [0.5, 0.6) is 0 Å². The van der Waals surface area contributed by atoms with E-state index in [0.717, 1.165) is 23.1 Å². The summed E-state index contributed by atoms with van der Waals surface area (Å²) < 4.78 is 0. The molecule has 0 aliphatic rings. The van der Waals surface area contributed by atoms with Crippen LogP contribution in [0.3, 0.4) is 0 Å². The molecule has 0 aromatic heterocycles. The molecule has 2 rings (SSSR count). The van der Waals surface area contributed by atoms with Gasteiger partial charge in [0.25, 0.3) is 0 Å². The minimum absolute atomic E-state index is 0.696. The van der Waals surface area contributed by atoms with Crippen LogP contribution in [-0.4, -0.2) is 25.3 Å². The number of benzene rings is 2. The fraction of sp³-hybridized carbons (Fsp3) is 0.118. The predicted molar refractivity (Wildman–Crippen MR) is 79.8 cm³/mol. The van der Waals surface area contributed by atoms with Crippen molar-refractivity contribution >= 4 is 18.1 Å². The van der Waals surface area contributed by atoms with Crippen molar-refractivity contribution in [1.29, 1.82) is 0 Å². The number of rotatable bonds is 4. The second kappa shape index (κ2) is 6.01. The molecule has 0 fully saturated rings. The van der Waals surface area contributed by atoms with Gasteiger partial charge >= 0.3 is 0 Å². The van der Waals surface area contributed by atoms with Crippen molar-refractivity contribution in [3.63, 3.8) is 0 Å². The monoisotopic (exact) mass is 251 g/mol. The first-order chi connectivity index (χ1) is 9.20. The number of carbonyl (C=O) groups excluding carboxylic acids is 1. The first-order valence-electron chi connectivity index (χ1n) is 6.20. The number of hydrogen-bond donors (Lipinski definition) is 0. The van der Waals surface area contributed by atoms with Gasteiger partial charge in [-0.25, -0.2) is 0 Å². The number of nitrogens with zero attached hydrogens (tertiary/aromatic N) is 1. The zero-order valence-corrected chi connectivity index (χ0v) is 11.2. The van der Waals surface area contributed by atoms with Crippen LogP contribution in [0.25, 0.3) is 11.8 Å². The van der Waals surface area contributed by atoms with Crippen molar-refractivity contribution < 1.29 is 4.79 Å². The second-order valence-corrected chi connectivity index (χ2v) is 4.57. The van der Waals surface area contributed by atoms with Crippen LogP contribution in [0.4, 0.5) is 0 Å². The van der Waals surface area contributed by atoms with Gasteiger partial charge in [-0.3, -0.25) is 4.79 Å². The average Bonchev–Trinajstić information content (AvgIpc) is 2.46. The van der Waals surface area contributed by atoms with Crippen molar-refractivity contribution in [3.05, 3.63) is 71.3 Å². The fourth-order valence-electron chi connectivity index (χ4n) is 1.91. The minimum Gasteiger partial charge on any atom is -0.377 e. The summed E-state index contributed by atoms with van der Waals surface area (Å²) in [7, 11) is 4.03. The molecular weight excluding hydrogens is 234 g/mol. The van der Waals surface area contributed by atoms with Gasteiger partial charge in [0.1, 0.15) is 6.29 Å². The second-order valence-electron chi connectivity index (χ2n) is 4.57. The molecule has 19 heavy (non-hydrogen) atoms. The Kier molecular flexibility index (Phi) is 4.14. The quantitative estimate of drug-likeness (QED) is 0.611. The Hall–Kier alpha value is -2.35. The zero-order chi connectivity index (χ0) is 13.7. The Labute approximate surface area is 114 Å². The SMILES string of the molecule is CN(C)C(=Cc1ccccc1)c1ccc(C=O)cc1. The molecule has 0 spiro atoms. The lowest BCUT2D eigenvalue weighted by atomic mass is 10.1. The van der Waals surface area contributed by atoms with Crippen LogP contribution in [0.15, 0.2) is 54.6 Å². The van der Waals surface area contributed by atoms with Gasteiger partial charge in [0, 0.05) is 25.4 Å². The summed E-state index contributed by atoms with van der Waals surface area (Å²) in [6.45, 7) is 0. The molecule has 0 heterocycles. The highest BCUT2D eigenvalue weighted by Crippen LogP contribution is 2.20. The van der Waals surface area contributed by atoms with E-state index in [4.69, 9.17) is 0 Å². The maximum Gasteiger partial charge on any atom is 0.150 e. The van der Waals surface area contributed by atoms with Crippen LogP contribution in [-0.2, 0) is 0 Å². The fourth-order valence-corrected chi connectivity index (χ4v) is 1.91. The number of aldehydes is 1. The van der Waals surface area contributed by atoms with E-state index < -0.39 is 0 Å². The zero-order valence-electron chi connectivity index (χ0n) is 11.2. The first-order valence-corrected chi connectivity index (χ1v) is 6.20. The molecular formula is C17H17NO. The van der Waals surface area contributed by atoms with Gasteiger partial charge < -0.3 is 4.90 Å². The van der Waals surface area contributed by atoms with E-state index in [1.807, 2.05) is 56.6 Å². The molecule has 0 saturated heterocycles. The number of carbonyl (C=O) groups is 1. The summed E-state index contributed by atoms with van der Waals surface area (Å²) in [6, 6.07) is 17.8. The molecule has 0 N–H and O–H groups in total. The normalized spacial score (nSPS) is 11.2. The molecule has 2 aromatic carbocycles. The van der Waals surface area contributed by atoms with Crippen molar-refractivity contribution in [2.24, 2.45) is 0 Å². The molecule has 2 heteroatoms. The van der Waals surface area contributed by atoms with E-state index in [1.54, 1.807) is 0 Å². The van der Waals surface area contributed by atoms with Crippen LogP contribution in [0.2, 0.25) is 0 Å². The third-order valence-corrected chi connectivity index (χ3v) is 2.93. The highest BCUT2D eigenvalue weighted by molar-refractivity contribution is 5.82. The van der Waals surface area contributed by atoms with E-state index in [-0.39, 0.29) is 0 Å². The lowest BCUT2D eigenvalue weighted by molar-refractivity contribution is 0.112. The molecule has 0 radical (unpaired) electrons. The van der Waals surface area contributed by atoms with Crippen LogP contribution in [0, 0.1) is 0 Å². The highest BCUT2D eigenvalue weighted by Gasteiger charge is 2.04. The summed E-state index contributed by atoms with van der Waals surface area (Å²) in [4.78, 5) is 12.8. The Bertz CT molecular complexity index is 568. The average molecular weight is 251 g/mol. The van der Waals surface area contributed by atoms with Crippen molar-refractivity contribution in [1.82, 2.24) is 4.90 Å².